The number of nitrogens with one attached hydrogen (secondary N) is 2. The molecule has 0 aliphatic heterocycles. The monoisotopic (exact) mass is 354 g/mol. The van der Waals surface area contributed by atoms with Crippen molar-refractivity contribution < 1.29 is 14.4 Å². The van der Waals surface area contributed by atoms with Gasteiger partial charge >= 0.3 is 0 Å². The molecule has 0 radical (unpaired) electrons. The van der Waals surface area contributed by atoms with Gasteiger partial charge in [0.1, 0.15) is 0 Å². The first-order valence-corrected chi connectivity index (χ1v) is 9.43. The summed E-state index contributed by atoms with van der Waals surface area (Å²) in [6.07, 6.45) is 2.96. The summed E-state index contributed by atoms with van der Waals surface area (Å²) in [7, 11) is 0. The standard InChI is InChI=1S/C20H38N2O3/c1-9-11-16(20(6,7)8)22-18(25)15(23)12-17(24)21-14(10-2)13-19(3,4)5/h14,16H,9-13H2,1-8H3,(H,21,24)(H,22,25). The summed E-state index contributed by atoms with van der Waals surface area (Å²) < 4.78 is 0. The molecular weight excluding hydrogens is 316 g/mol. The molecule has 2 atom stereocenters. The predicted molar refractivity (Wildman–Crippen MR) is 102 cm³/mol. The molecule has 0 saturated carbocycles. The third kappa shape index (κ3) is 10.3. The number of hydrogen-bond acceptors (Lipinski definition) is 3. The van der Waals surface area contributed by atoms with Gasteiger partial charge in [-0.25, -0.2) is 0 Å². The van der Waals surface area contributed by atoms with Gasteiger partial charge in [0.25, 0.3) is 5.91 Å². The van der Waals surface area contributed by atoms with E-state index in [9.17, 15) is 14.4 Å². The van der Waals surface area contributed by atoms with E-state index in [1.807, 2.05) is 34.6 Å². The second kappa shape index (κ2) is 9.93. The number of carbonyl (C=O) groups excluding carboxylic acids is 3. The Kier molecular flexibility index (Phi) is 9.38. The van der Waals surface area contributed by atoms with Gasteiger partial charge in [0, 0.05) is 12.1 Å². The maximum Gasteiger partial charge on any atom is 0.288 e. The van der Waals surface area contributed by atoms with Crippen molar-refractivity contribution in [2.75, 3.05) is 0 Å². The van der Waals surface area contributed by atoms with Gasteiger partial charge in [0.15, 0.2) is 0 Å². The van der Waals surface area contributed by atoms with Crippen LogP contribution in [-0.4, -0.2) is 29.7 Å². The minimum Gasteiger partial charge on any atom is -0.353 e. The molecule has 0 fully saturated rings. The molecule has 0 bridgehead atoms. The highest BCUT2D eigenvalue weighted by atomic mass is 16.2. The molecule has 5 heteroatoms. The molecule has 0 aromatic heterocycles. The molecule has 25 heavy (non-hydrogen) atoms. The van der Waals surface area contributed by atoms with Gasteiger partial charge in [-0.2, -0.15) is 0 Å². The summed E-state index contributed by atoms with van der Waals surface area (Å²) in [6, 6.07) is -0.0629. The summed E-state index contributed by atoms with van der Waals surface area (Å²) in [6.45, 7) is 16.5. The van der Waals surface area contributed by atoms with Crippen molar-refractivity contribution in [3.63, 3.8) is 0 Å². The van der Waals surface area contributed by atoms with Crippen LogP contribution < -0.4 is 10.6 Å². The quantitative estimate of drug-likeness (QED) is 0.490. The largest absolute Gasteiger partial charge is 0.353 e. The predicted octanol–water partition coefficient (Wildman–Crippen LogP) is 3.61. The van der Waals surface area contributed by atoms with E-state index in [-0.39, 0.29) is 28.8 Å². The third-order valence-corrected chi connectivity index (χ3v) is 4.22. The van der Waals surface area contributed by atoms with Crippen molar-refractivity contribution in [1.29, 1.82) is 0 Å². The van der Waals surface area contributed by atoms with E-state index in [0.29, 0.717) is 0 Å². The average molecular weight is 355 g/mol. The molecule has 2 amide bonds. The number of Topliss-reactive ketones (excluding diaryl/α,β-unsaturated/α-hetero) is 1. The Bertz CT molecular complexity index is 459. The average Bonchev–Trinajstić information content (AvgIpc) is 2.43. The highest BCUT2D eigenvalue weighted by Gasteiger charge is 2.28. The van der Waals surface area contributed by atoms with Crippen LogP contribution in [0.15, 0.2) is 0 Å². The lowest BCUT2D eigenvalue weighted by Gasteiger charge is -2.31. The second-order valence-corrected chi connectivity index (χ2v) is 9.22. The van der Waals surface area contributed by atoms with Gasteiger partial charge in [-0.05, 0) is 30.1 Å². The van der Waals surface area contributed by atoms with Crippen molar-refractivity contribution in [2.45, 2.75) is 99.6 Å². The van der Waals surface area contributed by atoms with E-state index in [0.717, 1.165) is 25.7 Å². The Labute approximate surface area is 153 Å². The molecule has 0 aromatic rings. The highest BCUT2D eigenvalue weighted by molar-refractivity contribution is 6.39. The van der Waals surface area contributed by atoms with E-state index in [4.69, 9.17) is 0 Å². The van der Waals surface area contributed by atoms with E-state index in [2.05, 4.69) is 31.4 Å². The molecule has 2 unspecified atom stereocenters. The summed E-state index contributed by atoms with van der Waals surface area (Å²) in [5, 5.41) is 5.68. The number of amides is 2. The van der Waals surface area contributed by atoms with Gasteiger partial charge in [0.05, 0.1) is 6.42 Å². The second-order valence-electron chi connectivity index (χ2n) is 9.22. The lowest BCUT2D eigenvalue weighted by molar-refractivity contribution is -0.141. The number of rotatable bonds is 9. The maximum atomic E-state index is 12.2. The van der Waals surface area contributed by atoms with Crippen molar-refractivity contribution >= 4 is 17.6 Å². The Hall–Kier alpha value is -1.39. The molecular formula is C20H38N2O3. The van der Waals surface area contributed by atoms with Crippen LogP contribution in [0.4, 0.5) is 0 Å². The Morgan fingerprint density at radius 1 is 0.920 bits per heavy atom. The van der Waals surface area contributed by atoms with Crippen molar-refractivity contribution in [3.8, 4) is 0 Å². The summed E-state index contributed by atoms with van der Waals surface area (Å²) in [5.74, 6) is -1.71. The van der Waals surface area contributed by atoms with Crippen molar-refractivity contribution in [3.05, 3.63) is 0 Å². The molecule has 0 aliphatic rings. The number of carbonyl (C=O) groups is 3. The minimum absolute atomic E-state index is 0.0192. The zero-order valence-electron chi connectivity index (χ0n) is 17.4. The molecule has 0 aliphatic carbocycles. The lowest BCUT2D eigenvalue weighted by Crippen LogP contribution is -2.47. The molecule has 146 valence electrons. The number of ketones is 1. The van der Waals surface area contributed by atoms with Crippen LogP contribution in [0.5, 0.6) is 0 Å². The van der Waals surface area contributed by atoms with Gasteiger partial charge in [-0.15, -0.1) is 0 Å². The van der Waals surface area contributed by atoms with Gasteiger partial charge < -0.3 is 10.6 Å². The zero-order valence-corrected chi connectivity index (χ0v) is 17.4. The molecule has 0 rings (SSSR count). The fourth-order valence-corrected chi connectivity index (χ4v) is 2.79. The number of hydrogen-bond donors (Lipinski definition) is 2. The van der Waals surface area contributed by atoms with Gasteiger partial charge in [-0.3, -0.25) is 14.4 Å². The van der Waals surface area contributed by atoms with Crippen molar-refractivity contribution in [1.82, 2.24) is 10.6 Å². The van der Waals surface area contributed by atoms with Crippen molar-refractivity contribution in [2.24, 2.45) is 10.8 Å². The van der Waals surface area contributed by atoms with Gasteiger partial charge in [0.2, 0.25) is 11.7 Å². The first-order valence-electron chi connectivity index (χ1n) is 9.43. The van der Waals surface area contributed by atoms with Crippen LogP contribution in [0.3, 0.4) is 0 Å². The first-order chi connectivity index (χ1) is 11.3. The molecule has 0 aromatic carbocycles. The minimum atomic E-state index is -0.673. The summed E-state index contributed by atoms with van der Waals surface area (Å²) in [5.41, 5.74) is -0.0380. The smallest absolute Gasteiger partial charge is 0.288 e. The lowest BCUT2D eigenvalue weighted by atomic mass is 9.84. The van der Waals surface area contributed by atoms with Crippen LogP contribution in [0.25, 0.3) is 0 Å². The fourth-order valence-electron chi connectivity index (χ4n) is 2.79. The van der Waals surface area contributed by atoms with Crippen LogP contribution >= 0.6 is 0 Å². The van der Waals surface area contributed by atoms with Crippen LogP contribution in [0.2, 0.25) is 0 Å². The highest BCUT2D eigenvalue weighted by Crippen LogP contribution is 2.23. The topological polar surface area (TPSA) is 75.3 Å². The molecule has 0 saturated heterocycles. The molecule has 5 nitrogen and oxygen atoms in total. The van der Waals surface area contributed by atoms with Crippen LogP contribution in [0.1, 0.15) is 87.5 Å². The Morgan fingerprint density at radius 2 is 1.48 bits per heavy atom. The molecule has 2 N–H and O–H groups in total. The van der Waals surface area contributed by atoms with E-state index in [1.54, 1.807) is 0 Å². The zero-order chi connectivity index (χ0) is 19.8. The van der Waals surface area contributed by atoms with Gasteiger partial charge in [-0.1, -0.05) is 61.8 Å². The first kappa shape index (κ1) is 23.6. The van der Waals surface area contributed by atoms with Crippen LogP contribution in [-0.2, 0) is 14.4 Å². The van der Waals surface area contributed by atoms with E-state index < -0.39 is 18.1 Å². The Morgan fingerprint density at radius 3 is 1.88 bits per heavy atom. The van der Waals surface area contributed by atoms with E-state index >= 15 is 0 Å². The Balaban J connectivity index is 4.65. The fraction of sp³-hybridized carbons (Fsp3) is 0.850. The van der Waals surface area contributed by atoms with E-state index in [1.165, 1.54) is 0 Å². The third-order valence-electron chi connectivity index (χ3n) is 4.22. The summed E-state index contributed by atoms with van der Waals surface area (Å²) >= 11 is 0. The van der Waals surface area contributed by atoms with Crippen LogP contribution in [0, 0.1) is 10.8 Å². The molecule has 0 heterocycles. The molecule has 0 spiro atoms. The normalized spacial score (nSPS) is 14.6. The summed E-state index contributed by atoms with van der Waals surface area (Å²) in [4.78, 5) is 36.4. The SMILES string of the molecule is CCCC(NC(=O)C(=O)CC(=O)NC(CC)CC(C)(C)C)C(C)(C)C. The maximum absolute atomic E-state index is 12.2.